The molecule has 0 radical (unpaired) electrons. The van der Waals surface area contributed by atoms with Crippen molar-refractivity contribution in [2.75, 3.05) is 14.2 Å². The van der Waals surface area contributed by atoms with Gasteiger partial charge in [-0.1, -0.05) is 19.9 Å². The zero-order valence-electron chi connectivity index (χ0n) is 10.7. The molecule has 0 spiro atoms. The van der Waals surface area contributed by atoms with E-state index in [2.05, 4.69) is 0 Å². The van der Waals surface area contributed by atoms with Gasteiger partial charge in [0, 0.05) is 0 Å². The summed E-state index contributed by atoms with van der Waals surface area (Å²) in [5, 5.41) is 0. The Bertz CT molecular complexity index is 379. The number of nitrogens with two attached hydrogens (primary N) is 1. The highest BCUT2D eigenvalue weighted by Crippen LogP contribution is 2.29. The Hall–Kier alpha value is -1.55. The third-order valence-electron chi connectivity index (χ3n) is 2.70. The Morgan fingerprint density at radius 3 is 2.00 bits per heavy atom. The number of rotatable bonds is 5. The SMILES string of the molecule is COc1cccc(OC)c1C(=O)C(N)C(C)C. The summed E-state index contributed by atoms with van der Waals surface area (Å²) in [5.74, 6) is 0.891. The molecule has 0 amide bonds. The fourth-order valence-corrected chi connectivity index (χ4v) is 1.56. The van der Waals surface area contributed by atoms with E-state index in [1.54, 1.807) is 18.2 Å². The quantitative estimate of drug-likeness (QED) is 0.794. The van der Waals surface area contributed by atoms with E-state index in [9.17, 15) is 4.79 Å². The number of carbonyl (C=O) groups excluding carboxylic acids is 1. The molecule has 0 aliphatic heterocycles. The van der Waals surface area contributed by atoms with Gasteiger partial charge in [-0.3, -0.25) is 4.79 Å². The lowest BCUT2D eigenvalue weighted by Crippen LogP contribution is -2.35. The summed E-state index contributed by atoms with van der Waals surface area (Å²) in [6.45, 7) is 3.81. The Morgan fingerprint density at radius 1 is 1.18 bits per heavy atom. The van der Waals surface area contributed by atoms with E-state index >= 15 is 0 Å². The van der Waals surface area contributed by atoms with Crippen molar-refractivity contribution in [3.63, 3.8) is 0 Å². The summed E-state index contributed by atoms with van der Waals surface area (Å²) in [7, 11) is 3.04. The topological polar surface area (TPSA) is 61.5 Å². The van der Waals surface area contributed by atoms with Crippen LogP contribution in [-0.4, -0.2) is 26.0 Å². The first-order valence-corrected chi connectivity index (χ1v) is 5.53. The van der Waals surface area contributed by atoms with Crippen molar-refractivity contribution < 1.29 is 14.3 Å². The van der Waals surface area contributed by atoms with Crippen LogP contribution in [0.4, 0.5) is 0 Å². The molecular formula is C13H19NO3. The summed E-state index contributed by atoms with van der Waals surface area (Å²) in [6.07, 6.45) is 0. The maximum absolute atomic E-state index is 12.3. The van der Waals surface area contributed by atoms with Gasteiger partial charge in [-0.2, -0.15) is 0 Å². The first kappa shape index (κ1) is 13.5. The molecule has 0 heterocycles. The van der Waals surface area contributed by atoms with Crippen molar-refractivity contribution in [3.05, 3.63) is 23.8 Å². The molecule has 1 aromatic carbocycles. The van der Waals surface area contributed by atoms with Crippen LogP contribution in [-0.2, 0) is 0 Å². The van der Waals surface area contributed by atoms with Crippen LogP contribution in [0.5, 0.6) is 11.5 Å². The molecule has 2 N–H and O–H groups in total. The fourth-order valence-electron chi connectivity index (χ4n) is 1.56. The van der Waals surface area contributed by atoms with E-state index in [-0.39, 0.29) is 11.7 Å². The Labute approximate surface area is 102 Å². The van der Waals surface area contributed by atoms with Gasteiger partial charge in [-0.25, -0.2) is 0 Å². The van der Waals surface area contributed by atoms with Crippen molar-refractivity contribution in [2.24, 2.45) is 11.7 Å². The molecule has 0 bridgehead atoms. The van der Waals surface area contributed by atoms with E-state index in [0.29, 0.717) is 17.1 Å². The molecular weight excluding hydrogens is 218 g/mol. The van der Waals surface area contributed by atoms with Crippen molar-refractivity contribution in [3.8, 4) is 11.5 Å². The summed E-state index contributed by atoms with van der Waals surface area (Å²) in [6, 6.07) is 4.67. The lowest BCUT2D eigenvalue weighted by atomic mass is 9.95. The average molecular weight is 237 g/mol. The number of ether oxygens (including phenoxy) is 2. The van der Waals surface area contributed by atoms with E-state index in [1.807, 2.05) is 13.8 Å². The van der Waals surface area contributed by atoms with Gasteiger partial charge < -0.3 is 15.2 Å². The molecule has 0 saturated heterocycles. The van der Waals surface area contributed by atoms with Crippen LogP contribution in [0.2, 0.25) is 0 Å². The smallest absolute Gasteiger partial charge is 0.187 e. The van der Waals surface area contributed by atoms with Crippen LogP contribution >= 0.6 is 0 Å². The highest BCUT2D eigenvalue weighted by atomic mass is 16.5. The molecule has 1 aromatic rings. The monoisotopic (exact) mass is 237 g/mol. The number of carbonyl (C=O) groups is 1. The first-order valence-electron chi connectivity index (χ1n) is 5.53. The van der Waals surface area contributed by atoms with E-state index in [4.69, 9.17) is 15.2 Å². The van der Waals surface area contributed by atoms with E-state index in [0.717, 1.165) is 0 Å². The fraction of sp³-hybridized carbons (Fsp3) is 0.462. The van der Waals surface area contributed by atoms with Gasteiger partial charge in [0.15, 0.2) is 5.78 Å². The van der Waals surface area contributed by atoms with Crippen LogP contribution in [0, 0.1) is 5.92 Å². The minimum atomic E-state index is -0.555. The van der Waals surface area contributed by atoms with Crippen molar-refractivity contribution >= 4 is 5.78 Å². The molecule has 0 fully saturated rings. The summed E-state index contributed by atoms with van der Waals surface area (Å²) < 4.78 is 10.4. The van der Waals surface area contributed by atoms with Gasteiger partial charge in [0.05, 0.1) is 20.3 Å². The minimum absolute atomic E-state index is 0.0668. The van der Waals surface area contributed by atoms with Gasteiger partial charge >= 0.3 is 0 Å². The number of hydrogen-bond donors (Lipinski definition) is 1. The van der Waals surface area contributed by atoms with Gasteiger partial charge in [0.25, 0.3) is 0 Å². The Kier molecular flexibility index (Phi) is 4.52. The first-order chi connectivity index (χ1) is 8.02. The van der Waals surface area contributed by atoms with Crippen LogP contribution in [0.15, 0.2) is 18.2 Å². The number of methoxy groups -OCH3 is 2. The summed E-state index contributed by atoms with van der Waals surface area (Å²) in [5.41, 5.74) is 6.29. The molecule has 17 heavy (non-hydrogen) atoms. The van der Waals surface area contributed by atoms with Crippen LogP contribution in [0.1, 0.15) is 24.2 Å². The van der Waals surface area contributed by atoms with E-state index < -0.39 is 6.04 Å². The van der Waals surface area contributed by atoms with Crippen molar-refractivity contribution in [2.45, 2.75) is 19.9 Å². The predicted molar refractivity (Wildman–Crippen MR) is 66.7 cm³/mol. The number of benzene rings is 1. The third kappa shape index (κ3) is 2.77. The van der Waals surface area contributed by atoms with Gasteiger partial charge in [0.1, 0.15) is 17.1 Å². The predicted octanol–water partition coefficient (Wildman–Crippen LogP) is 1.87. The Balaban J connectivity index is 3.23. The van der Waals surface area contributed by atoms with Gasteiger partial charge in [-0.05, 0) is 18.1 Å². The highest BCUT2D eigenvalue weighted by molar-refractivity contribution is 6.04. The van der Waals surface area contributed by atoms with Crippen molar-refractivity contribution in [1.82, 2.24) is 0 Å². The van der Waals surface area contributed by atoms with Crippen LogP contribution in [0.3, 0.4) is 0 Å². The molecule has 0 aromatic heterocycles. The lowest BCUT2D eigenvalue weighted by Gasteiger charge is -2.18. The molecule has 0 saturated carbocycles. The summed E-state index contributed by atoms with van der Waals surface area (Å²) in [4.78, 5) is 12.3. The molecule has 1 rings (SSSR count). The molecule has 4 heteroatoms. The van der Waals surface area contributed by atoms with Gasteiger partial charge in [0.2, 0.25) is 0 Å². The number of Topliss-reactive ketones (excluding diaryl/α,β-unsaturated/α-hetero) is 1. The average Bonchev–Trinajstić information content (AvgIpc) is 2.35. The highest BCUT2D eigenvalue weighted by Gasteiger charge is 2.25. The maximum Gasteiger partial charge on any atom is 0.187 e. The molecule has 0 aliphatic carbocycles. The van der Waals surface area contributed by atoms with Crippen LogP contribution in [0.25, 0.3) is 0 Å². The molecule has 4 nitrogen and oxygen atoms in total. The second-order valence-electron chi connectivity index (χ2n) is 4.17. The summed E-state index contributed by atoms with van der Waals surface area (Å²) >= 11 is 0. The number of hydrogen-bond acceptors (Lipinski definition) is 4. The zero-order valence-corrected chi connectivity index (χ0v) is 10.7. The second-order valence-corrected chi connectivity index (χ2v) is 4.17. The minimum Gasteiger partial charge on any atom is -0.496 e. The maximum atomic E-state index is 12.3. The third-order valence-corrected chi connectivity index (χ3v) is 2.70. The standard InChI is InChI=1S/C13H19NO3/c1-8(2)12(14)13(15)11-9(16-3)6-5-7-10(11)17-4/h5-8,12H,14H2,1-4H3. The molecule has 0 aliphatic rings. The lowest BCUT2D eigenvalue weighted by molar-refractivity contribution is 0.0934. The van der Waals surface area contributed by atoms with Crippen molar-refractivity contribution in [1.29, 1.82) is 0 Å². The molecule has 1 atom stereocenters. The Morgan fingerprint density at radius 2 is 1.65 bits per heavy atom. The molecule has 1 unspecified atom stereocenters. The van der Waals surface area contributed by atoms with Crippen LogP contribution < -0.4 is 15.2 Å². The number of ketones is 1. The normalized spacial score (nSPS) is 12.4. The second kappa shape index (κ2) is 5.68. The molecule has 94 valence electrons. The van der Waals surface area contributed by atoms with E-state index in [1.165, 1.54) is 14.2 Å². The largest absolute Gasteiger partial charge is 0.496 e. The van der Waals surface area contributed by atoms with Gasteiger partial charge in [-0.15, -0.1) is 0 Å². The zero-order chi connectivity index (χ0) is 13.0.